The molecule has 3 aromatic rings. The minimum atomic E-state index is -0.0407. The number of aromatic nitrogens is 2. The van der Waals surface area contributed by atoms with E-state index < -0.39 is 0 Å². The minimum Gasteiger partial charge on any atom is -0.466 e. The predicted octanol–water partition coefficient (Wildman–Crippen LogP) is 2.82. The lowest BCUT2D eigenvalue weighted by molar-refractivity contribution is 0.489. The molecule has 3 aromatic heterocycles. The molecule has 0 amide bonds. The molecule has 6 heteroatoms. The first-order chi connectivity index (χ1) is 10.0. The molecule has 0 fully saturated rings. The molecule has 3 heterocycles. The summed E-state index contributed by atoms with van der Waals surface area (Å²) in [6.45, 7) is 6.53. The van der Waals surface area contributed by atoms with E-state index in [-0.39, 0.29) is 11.6 Å². The van der Waals surface area contributed by atoms with Gasteiger partial charge in [-0.2, -0.15) is 0 Å². The van der Waals surface area contributed by atoms with Gasteiger partial charge in [0.15, 0.2) is 4.96 Å². The van der Waals surface area contributed by atoms with Gasteiger partial charge in [-0.05, 0) is 26.8 Å². The van der Waals surface area contributed by atoms with Crippen molar-refractivity contribution in [1.29, 1.82) is 0 Å². The van der Waals surface area contributed by atoms with Crippen molar-refractivity contribution in [3.8, 4) is 0 Å². The maximum atomic E-state index is 11.9. The SMILES string of the molecule is Cc1cc([C@@H](C)NCc2cc(=O)n3ccsc3n2)c(C)o1. The van der Waals surface area contributed by atoms with Gasteiger partial charge in [0.05, 0.1) is 5.69 Å². The Morgan fingerprint density at radius 1 is 1.43 bits per heavy atom. The Morgan fingerprint density at radius 3 is 2.95 bits per heavy atom. The van der Waals surface area contributed by atoms with Gasteiger partial charge in [-0.25, -0.2) is 4.98 Å². The molecule has 0 saturated heterocycles. The second-order valence-electron chi connectivity index (χ2n) is 5.11. The normalized spacial score (nSPS) is 12.9. The van der Waals surface area contributed by atoms with E-state index in [1.807, 2.05) is 25.3 Å². The smallest absolute Gasteiger partial charge is 0.258 e. The van der Waals surface area contributed by atoms with Crippen LogP contribution in [0.4, 0.5) is 0 Å². The number of nitrogens with one attached hydrogen (secondary N) is 1. The van der Waals surface area contributed by atoms with Gasteiger partial charge >= 0.3 is 0 Å². The van der Waals surface area contributed by atoms with Crippen molar-refractivity contribution in [2.24, 2.45) is 0 Å². The van der Waals surface area contributed by atoms with Crippen molar-refractivity contribution in [3.05, 3.63) is 56.8 Å². The third-order valence-corrected chi connectivity index (χ3v) is 4.25. The third-order valence-electron chi connectivity index (χ3n) is 3.49. The number of nitrogens with zero attached hydrogens (tertiary/aromatic N) is 2. The van der Waals surface area contributed by atoms with Crippen LogP contribution in [-0.4, -0.2) is 9.38 Å². The lowest BCUT2D eigenvalue weighted by Gasteiger charge is -2.12. The summed E-state index contributed by atoms with van der Waals surface area (Å²) in [5, 5.41) is 5.25. The molecule has 0 aromatic carbocycles. The van der Waals surface area contributed by atoms with Crippen LogP contribution in [0.1, 0.15) is 35.7 Å². The van der Waals surface area contributed by atoms with Gasteiger partial charge in [0.1, 0.15) is 11.5 Å². The Bertz CT molecular complexity index is 831. The van der Waals surface area contributed by atoms with E-state index in [0.29, 0.717) is 6.54 Å². The number of aryl methyl sites for hydroxylation is 2. The number of furan rings is 1. The topological polar surface area (TPSA) is 59.5 Å². The summed E-state index contributed by atoms with van der Waals surface area (Å²) in [6.07, 6.45) is 1.74. The van der Waals surface area contributed by atoms with Crippen molar-refractivity contribution in [1.82, 2.24) is 14.7 Å². The first-order valence-electron chi connectivity index (χ1n) is 6.80. The highest BCUT2D eigenvalue weighted by Crippen LogP contribution is 2.21. The van der Waals surface area contributed by atoms with E-state index in [0.717, 1.165) is 27.7 Å². The van der Waals surface area contributed by atoms with Gasteiger partial charge in [0.2, 0.25) is 0 Å². The van der Waals surface area contributed by atoms with Crippen LogP contribution in [0.3, 0.4) is 0 Å². The standard InChI is InChI=1S/C15H17N3O2S/c1-9-6-13(11(3)20-9)10(2)16-8-12-7-14(19)18-4-5-21-15(18)17-12/h4-7,10,16H,8H2,1-3H3/t10-/m1/s1. The molecule has 0 bridgehead atoms. The highest BCUT2D eigenvalue weighted by molar-refractivity contribution is 7.15. The predicted molar refractivity (Wildman–Crippen MR) is 82.8 cm³/mol. The van der Waals surface area contributed by atoms with Crippen molar-refractivity contribution >= 4 is 16.3 Å². The molecule has 3 rings (SSSR count). The molecule has 0 radical (unpaired) electrons. The maximum Gasteiger partial charge on any atom is 0.258 e. The molecular weight excluding hydrogens is 286 g/mol. The fourth-order valence-electron chi connectivity index (χ4n) is 2.43. The van der Waals surface area contributed by atoms with E-state index in [4.69, 9.17) is 4.42 Å². The van der Waals surface area contributed by atoms with Gasteiger partial charge < -0.3 is 9.73 Å². The molecule has 1 atom stereocenters. The Kier molecular flexibility index (Phi) is 3.65. The number of thiazole rings is 1. The van der Waals surface area contributed by atoms with Crippen LogP contribution in [0.5, 0.6) is 0 Å². The van der Waals surface area contributed by atoms with Crippen molar-refractivity contribution in [2.45, 2.75) is 33.4 Å². The van der Waals surface area contributed by atoms with Crippen LogP contribution >= 0.6 is 11.3 Å². The Balaban J connectivity index is 1.77. The highest BCUT2D eigenvalue weighted by Gasteiger charge is 2.13. The van der Waals surface area contributed by atoms with E-state index >= 15 is 0 Å². The fraction of sp³-hybridized carbons (Fsp3) is 0.333. The molecule has 0 aliphatic rings. The summed E-state index contributed by atoms with van der Waals surface area (Å²) in [7, 11) is 0. The van der Waals surface area contributed by atoms with Crippen molar-refractivity contribution in [3.63, 3.8) is 0 Å². The number of hydrogen-bond donors (Lipinski definition) is 1. The lowest BCUT2D eigenvalue weighted by Crippen LogP contribution is -2.21. The Morgan fingerprint density at radius 2 is 2.24 bits per heavy atom. The second-order valence-corrected chi connectivity index (χ2v) is 5.99. The van der Waals surface area contributed by atoms with Gasteiger partial charge in [0, 0.05) is 35.8 Å². The monoisotopic (exact) mass is 303 g/mol. The molecule has 1 N–H and O–H groups in total. The molecule has 5 nitrogen and oxygen atoms in total. The van der Waals surface area contributed by atoms with Crippen LogP contribution in [0.25, 0.3) is 4.96 Å². The van der Waals surface area contributed by atoms with E-state index in [1.165, 1.54) is 11.3 Å². The van der Waals surface area contributed by atoms with Crippen LogP contribution in [-0.2, 0) is 6.54 Å². The zero-order valence-corrected chi connectivity index (χ0v) is 13.0. The van der Waals surface area contributed by atoms with Gasteiger partial charge in [-0.15, -0.1) is 11.3 Å². The first-order valence-corrected chi connectivity index (χ1v) is 7.68. The molecule has 0 unspecified atom stereocenters. The summed E-state index contributed by atoms with van der Waals surface area (Å²) in [6, 6.07) is 3.76. The minimum absolute atomic E-state index is 0.0407. The zero-order chi connectivity index (χ0) is 15.0. The van der Waals surface area contributed by atoms with Crippen LogP contribution in [0.15, 0.2) is 32.9 Å². The number of rotatable bonds is 4. The molecule has 110 valence electrons. The maximum absolute atomic E-state index is 11.9. The van der Waals surface area contributed by atoms with Crippen molar-refractivity contribution < 1.29 is 4.42 Å². The molecule has 21 heavy (non-hydrogen) atoms. The van der Waals surface area contributed by atoms with Gasteiger partial charge in [0.25, 0.3) is 5.56 Å². The average Bonchev–Trinajstić information content (AvgIpc) is 3.02. The molecule has 0 saturated carbocycles. The summed E-state index contributed by atoms with van der Waals surface area (Å²) < 4.78 is 7.10. The fourth-order valence-corrected chi connectivity index (χ4v) is 3.17. The van der Waals surface area contributed by atoms with Crippen molar-refractivity contribution in [2.75, 3.05) is 0 Å². The van der Waals surface area contributed by atoms with Crippen LogP contribution < -0.4 is 10.9 Å². The summed E-state index contributed by atoms with van der Waals surface area (Å²) in [5.74, 6) is 1.83. The summed E-state index contributed by atoms with van der Waals surface area (Å²) >= 11 is 1.46. The van der Waals surface area contributed by atoms with E-state index in [9.17, 15) is 4.79 Å². The van der Waals surface area contributed by atoms with Crippen LogP contribution in [0, 0.1) is 13.8 Å². The van der Waals surface area contributed by atoms with E-state index in [1.54, 1.807) is 16.7 Å². The Labute approximate surface area is 126 Å². The Hall–Kier alpha value is -1.92. The van der Waals surface area contributed by atoms with Crippen LogP contribution in [0.2, 0.25) is 0 Å². The zero-order valence-electron chi connectivity index (χ0n) is 12.2. The summed E-state index contributed by atoms with van der Waals surface area (Å²) in [4.78, 5) is 17.1. The molecule has 0 aliphatic carbocycles. The van der Waals surface area contributed by atoms with Gasteiger partial charge in [-0.1, -0.05) is 0 Å². The van der Waals surface area contributed by atoms with Gasteiger partial charge in [-0.3, -0.25) is 9.20 Å². The average molecular weight is 303 g/mol. The molecule has 0 spiro atoms. The summed E-state index contributed by atoms with van der Waals surface area (Å²) in [5.41, 5.74) is 1.86. The van der Waals surface area contributed by atoms with E-state index in [2.05, 4.69) is 17.2 Å². The second kappa shape index (κ2) is 5.46. The number of hydrogen-bond acceptors (Lipinski definition) is 5. The third kappa shape index (κ3) is 2.77. The largest absolute Gasteiger partial charge is 0.466 e. The quantitative estimate of drug-likeness (QED) is 0.805. The molecular formula is C15H17N3O2S. The molecule has 0 aliphatic heterocycles. The lowest BCUT2D eigenvalue weighted by atomic mass is 10.1. The first kappa shape index (κ1) is 14.0. The highest BCUT2D eigenvalue weighted by atomic mass is 32.1. The number of fused-ring (bicyclic) bond motifs is 1.